The summed E-state index contributed by atoms with van der Waals surface area (Å²) in [4.78, 5) is 10.8. The van der Waals surface area contributed by atoms with Gasteiger partial charge in [0.05, 0.1) is 0 Å². The van der Waals surface area contributed by atoms with E-state index in [9.17, 15) is 9.46 Å². The summed E-state index contributed by atoms with van der Waals surface area (Å²) in [5.74, 6) is 1.25. The zero-order valence-electron chi connectivity index (χ0n) is 16.1. The molecule has 3 heteroatoms. The number of benzene rings is 2. The minimum atomic E-state index is -3.52. The van der Waals surface area contributed by atoms with Crippen molar-refractivity contribution in [3.05, 3.63) is 59.7 Å². The molecular weight excluding hydrogens is 351 g/mol. The van der Waals surface area contributed by atoms with Gasteiger partial charge in [-0.05, 0) is 72.9 Å². The molecule has 0 atom stereocenters. The Kier molecular flexibility index (Phi) is 5.85. The fraction of sp³-hybridized carbons (Fsp3) is 0.500. The fourth-order valence-corrected chi connectivity index (χ4v) is 6.32. The molecular formula is C24H31O2P. The summed E-state index contributed by atoms with van der Waals surface area (Å²) < 4.78 is 13.1. The van der Waals surface area contributed by atoms with Gasteiger partial charge in [0.15, 0.2) is 0 Å². The van der Waals surface area contributed by atoms with Crippen molar-refractivity contribution in [3.8, 4) is 0 Å². The second-order valence-corrected chi connectivity index (χ2v) is 10.6. The minimum Gasteiger partial charge on any atom is -0.338 e. The highest BCUT2D eigenvalue weighted by molar-refractivity contribution is 7.73. The van der Waals surface area contributed by atoms with Gasteiger partial charge in [-0.1, -0.05) is 62.8 Å². The van der Waals surface area contributed by atoms with Crippen LogP contribution in [0, 0.1) is 0 Å². The highest BCUT2D eigenvalue weighted by Gasteiger charge is 2.25. The normalized spacial score (nSPS) is 19.9. The predicted octanol–water partition coefficient (Wildman–Crippen LogP) is 6.00. The van der Waals surface area contributed by atoms with E-state index >= 15 is 0 Å². The minimum absolute atomic E-state index is 0.549. The van der Waals surface area contributed by atoms with Crippen LogP contribution in [-0.2, 0) is 4.57 Å². The van der Waals surface area contributed by atoms with Gasteiger partial charge < -0.3 is 4.89 Å². The molecule has 1 N–H and O–H groups in total. The van der Waals surface area contributed by atoms with Crippen LogP contribution in [0.25, 0.3) is 0 Å². The molecule has 0 bridgehead atoms. The predicted molar refractivity (Wildman–Crippen MR) is 114 cm³/mol. The maximum absolute atomic E-state index is 13.1. The lowest BCUT2D eigenvalue weighted by atomic mass is 9.84. The van der Waals surface area contributed by atoms with E-state index in [4.69, 9.17) is 0 Å². The van der Waals surface area contributed by atoms with Crippen LogP contribution in [0.5, 0.6) is 0 Å². The summed E-state index contributed by atoms with van der Waals surface area (Å²) in [6.07, 6.45) is 12.9. The molecule has 0 radical (unpaired) electrons. The molecule has 4 rings (SSSR count). The lowest BCUT2D eigenvalue weighted by Crippen LogP contribution is -2.16. The molecule has 2 aromatic carbocycles. The third-order valence-corrected chi connectivity index (χ3v) is 8.64. The first kappa shape index (κ1) is 19.0. The summed E-state index contributed by atoms with van der Waals surface area (Å²) in [6.45, 7) is 0. The second kappa shape index (κ2) is 8.33. The van der Waals surface area contributed by atoms with E-state index in [2.05, 4.69) is 24.3 Å². The number of hydrogen-bond acceptors (Lipinski definition) is 1. The number of rotatable bonds is 4. The Morgan fingerprint density at radius 2 is 0.926 bits per heavy atom. The van der Waals surface area contributed by atoms with Crippen molar-refractivity contribution >= 4 is 18.0 Å². The number of hydrogen-bond donors (Lipinski definition) is 1. The SMILES string of the molecule is O=P(O)(c1ccc(C2CCCCC2)cc1)c1ccc(C2CCCCC2)cc1. The van der Waals surface area contributed by atoms with Gasteiger partial charge in [-0.3, -0.25) is 4.57 Å². The maximum Gasteiger partial charge on any atom is 0.258 e. The molecule has 0 spiro atoms. The molecule has 2 saturated carbocycles. The average Bonchev–Trinajstić information content (AvgIpc) is 2.75. The van der Waals surface area contributed by atoms with E-state index in [-0.39, 0.29) is 0 Å². The summed E-state index contributed by atoms with van der Waals surface area (Å²) in [7, 11) is -3.52. The Bertz CT molecular complexity index is 717. The van der Waals surface area contributed by atoms with Gasteiger partial charge in [0.25, 0.3) is 7.37 Å². The molecule has 27 heavy (non-hydrogen) atoms. The molecule has 2 aromatic rings. The van der Waals surface area contributed by atoms with Crippen LogP contribution in [0.1, 0.15) is 87.2 Å². The van der Waals surface area contributed by atoms with E-state index in [1.165, 1.54) is 75.3 Å². The standard InChI is InChI=1S/C24H31O2P/c25-27(26,23-15-11-21(12-16-23)19-7-3-1-4-8-19)24-17-13-22(14-18-24)20-9-5-2-6-10-20/h11-20H,1-10H2,(H,25,26). The van der Waals surface area contributed by atoms with E-state index in [0.717, 1.165) is 0 Å². The smallest absolute Gasteiger partial charge is 0.258 e. The van der Waals surface area contributed by atoms with Crippen LogP contribution in [0.15, 0.2) is 48.5 Å². The van der Waals surface area contributed by atoms with Crippen molar-refractivity contribution < 1.29 is 9.46 Å². The highest BCUT2D eigenvalue weighted by Crippen LogP contribution is 2.40. The third kappa shape index (κ3) is 4.23. The summed E-state index contributed by atoms with van der Waals surface area (Å²) in [6, 6.07) is 15.8. The van der Waals surface area contributed by atoms with Gasteiger partial charge in [-0.2, -0.15) is 0 Å². The Hall–Kier alpha value is -1.37. The lowest BCUT2D eigenvalue weighted by molar-refractivity contribution is 0.443. The topological polar surface area (TPSA) is 37.3 Å². The Labute approximate surface area is 163 Å². The van der Waals surface area contributed by atoms with Gasteiger partial charge in [0, 0.05) is 10.6 Å². The van der Waals surface area contributed by atoms with E-state index in [1.54, 1.807) is 0 Å². The lowest BCUT2D eigenvalue weighted by Gasteiger charge is -2.23. The highest BCUT2D eigenvalue weighted by atomic mass is 31.2. The van der Waals surface area contributed by atoms with Crippen molar-refractivity contribution in [3.63, 3.8) is 0 Å². The summed E-state index contributed by atoms with van der Waals surface area (Å²) in [5.41, 5.74) is 2.65. The van der Waals surface area contributed by atoms with Gasteiger partial charge in [-0.15, -0.1) is 0 Å². The average molecular weight is 382 g/mol. The second-order valence-electron chi connectivity index (χ2n) is 8.43. The zero-order valence-corrected chi connectivity index (χ0v) is 17.0. The zero-order chi connectivity index (χ0) is 18.7. The first-order valence-corrected chi connectivity index (χ1v) is 12.3. The Morgan fingerprint density at radius 1 is 0.593 bits per heavy atom. The quantitative estimate of drug-likeness (QED) is 0.658. The van der Waals surface area contributed by atoms with Crippen molar-refractivity contribution in [1.29, 1.82) is 0 Å². The van der Waals surface area contributed by atoms with Crippen LogP contribution >= 0.6 is 7.37 Å². The van der Waals surface area contributed by atoms with Crippen LogP contribution in [0.4, 0.5) is 0 Å². The molecule has 0 saturated heterocycles. The van der Waals surface area contributed by atoms with Crippen LogP contribution in [-0.4, -0.2) is 4.89 Å². The monoisotopic (exact) mass is 382 g/mol. The first-order chi connectivity index (χ1) is 13.1. The van der Waals surface area contributed by atoms with Crippen LogP contribution < -0.4 is 10.6 Å². The molecule has 0 aromatic heterocycles. The first-order valence-electron chi connectivity index (χ1n) is 10.7. The summed E-state index contributed by atoms with van der Waals surface area (Å²) >= 11 is 0. The molecule has 2 aliphatic rings. The summed E-state index contributed by atoms with van der Waals surface area (Å²) in [5, 5.41) is 1.10. The van der Waals surface area contributed by atoms with E-state index in [1.807, 2.05) is 24.3 Å². The van der Waals surface area contributed by atoms with Crippen molar-refractivity contribution in [2.75, 3.05) is 0 Å². The molecule has 0 amide bonds. The van der Waals surface area contributed by atoms with E-state index < -0.39 is 7.37 Å². The van der Waals surface area contributed by atoms with Crippen molar-refractivity contribution in [2.45, 2.75) is 76.0 Å². The van der Waals surface area contributed by atoms with Gasteiger partial charge in [0.2, 0.25) is 0 Å². The fourth-order valence-electron chi connectivity index (χ4n) is 4.92. The van der Waals surface area contributed by atoms with Gasteiger partial charge in [0.1, 0.15) is 0 Å². The Morgan fingerprint density at radius 3 is 1.26 bits per heavy atom. The molecule has 2 aliphatic carbocycles. The van der Waals surface area contributed by atoms with Gasteiger partial charge >= 0.3 is 0 Å². The molecule has 0 aliphatic heterocycles. The maximum atomic E-state index is 13.1. The molecule has 0 unspecified atom stereocenters. The Balaban J connectivity index is 1.51. The molecule has 2 nitrogen and oxygen atoms in total. The molecule has 2 fully saturated rings. The van der Waals surface area contributed by atoms with Crippen LogP contribution in [0.3, 0.4) is 0 Å². The van der Waals surface area contributed by atoms with E-state index in [0.29, 0.717) is 22.4 Å². The van der Waals surface area contributed by atoms with Crippen LogP contribution in [0.2, 0.25) is 0 Å². The largest absolute Gasteiger partial charge is 0.338 e. The third-order valence-electron chi connectivity index (χ3n) is 6.64. The van der Waals surface area contributed by atoms with Crippen molar-refractivity contribution in [1.82, 2.24) is 0 Å². The van der Waals surface area contributed by atoms with Crippen molar-refractivity contribution in [2.24, 2.45) is 0 Å². The molecule has 144 valence electrons. The van der Waals surface area contributed by atoms with Gasteiger partial charge in [-0.25, -0.2) is 0 Å². The molecule has 0 heterocycles.